The largest absolute Gasteiger partial charge is 0.296 e. The zero-order valence-electron chi connectivity index (χ0n) is 7.92. The lowest BCUT2D eigenvalue weighted by molar-refractivity contribution is 0.111. The maximum atomic E-state index is 13.5. The predicted octanol–water partition coefficient (Wildman–Crippen LogP) is 3.26. The summed E-state index contributed by atoms with van der Waals surface area (Å²) >= 11 is 3.37. The lowest BCUT2D eigenvalue weighted by Crippen LogP contribution is -1.92. The second-order valence-electron chi connectivity index (χ2n) is 3.24. The second kappa shape index (κ2) is 3.70. The van der Waals surface area contributed by atoms with Crippen molar-refractivity contribution >= 4 is 33.1 Å². The molecule has 0 bridgehead atoms. The number of carbonyl (C=O) groups excluding carboxylic acids is 1. The molecule has 2 rings (SSSR count). The molecule has 0 atom stereocenters. The minimum absolute atomic E-state index is 0.220. The number of fused-ring (bicyclic) bond motifs is 1. The van der Waals surface area contributed by atoms with Gasteiger partial charge in [0, 0.05) is 9.86 Å². The van der Waals surface area contributed by atoms with Crippen molar-refractivity contribution in [2.45, 2.75) is 6.92 Å². The summed E-state index contributed by atoms with van der Waals surface area (Å²) in [5, 5.41) is 0.679. The Kier molecular flexibility index (Phi) is 2.52. The second-order valence-corrected chi connectivity index (χ2v) is 4.03. The van der Waals surface area contributed by atoms with Crippen LogP contribution in [-0.2, 0) is 0 Å². The van der Waals surface area contributed by atoms with E-state index in [2.05, 4.69) is 20.9 Å². The van der Waals surface area contributed by atoms with Crippen LogP contribution in [0.1, 0.15) is 16.1 Å². The monoisotopic (exact) mass is 267 g/mol. The van der Waals surface area contributed by atoms with Gasteiger partial charge in [-0.2, -0.15) is 0 Å². The Morgan fingerprint density at radius 1 is 1.47 bits per heavy atom. The molecule has 0 spiro atoms. The zero-order valence-corrected chi connectivity index (χ0v) is 9.51. The maximum Gasteiger partial charge on any atom is 0.168 e. The molecule has 0 aliphatic heterocycles. The molecule has 0 aliphatic rings. The van der Waals surface area contributed by atoms with Crippen LogP contribution in [0.15, 0.2) is 22.7 Å². The smallest absolute Gasteiger partial charge is 0.168 e. The Morgan fingerprint density at radius 3 is 2.87 bits per heavy atom. The summed E-state index contributed by atoms with van der Waals surface area (Å²) in [6, 6.07) is 4.65. The van der Waals surface area contributed by atoms with E-state index < -0.39 is 5.82 Å². The van der Waals surface area contributed by atoms with Gasteiger partial charge in [-0.3, -0.25) is 4.79 Å². The number of pyridine rings is 1. The first-order valence-corrected chi connectivity index (χ1v) is 5.13. The number of nitrogens with zero attached hydrogens (tertiary/aromatic N) is 1. The summed E-state index contributed by atoms with van der Waals surface area (Å²) in [7, 11) is 0. The van der Waals surface area contributed by atoms with Gasteiger partial charge in [0.1, 0.15) is 17.0 Å². The maximum absolute atomic E-state index is 13.5. The van der Waals surface area contributed by atoms with Crippen LogP contribution in [0.2, 0.25) is 0 Å². The average molecular weight is 268 g/mol. The first-order chi connectivity index (χ1) is 7.13. The molecular formula is C11H7BrFNO. The lowest BCUT2D eigenvalue weighted by Gasteiger charge is -2.05. The van der Waals surface area contributed by atoms with Crippen molar-refractivity contribution in [3.8, 4) is 0 Å². The van der Waals surface area contributed by atoms with Gasteiger partial charge >= 0.3 is 0 Å². The molecule has 0 N–H and O–H groups in total. The summed E-state index contributed by atoms with van der Waals surface area (Å²) in [5.74, 6) is -0.408. The van der Waals surface area contributed by atoms with E-state index in [1.54, 1.807) is 19.1 Å². The van der Waals surface area contributed by atoms with E-state index in [9.17, 15) is 9.18 Å². The Hall–Kier alpha value is -1.29. The van der Waals surface area contributed by atoms with Gasteiger partial charge in [0.2, 0.25) is 0 Å². The summed E-state index contributed by atoms with van der Waals surface area (Å²) in [6.07, 6.45) is 0.604. The van der Waals surface area contributed by atoms with Crippen molar-refractivity contribution in [1.29, 1.82) is 0 Å². The average Bonchev–Trinajstić information content (AvgIpc) is 2.25. The molecular weight excluding hydrogens is 261 g/mol. The number of benzene rings is 1. The first-order valence-electron chi connectivity index (χ1n) is 4.34. The molecule has 2 nitrogen and oxygen atoms in total. The molecule has 0 saturated heterocycles. The number of halogens is 2. The summed E-state index contributed by atoms with van der Waals surface area (Å²) in [4.78, 5) is 14.4. The van der Waals surface area contributed by atoms with Crippen molar-refractivity contribution < 1.29 is 9.18 Å². The van der Waals surface area contributed by atoms with E-state index >= 15 is 0 Å². The molecule has 0 radical (unpaired) electrons. The van der Waals surface area contributed by atoms with E-state index in [-0.39, 0.29) is 11.2 Å². The number of rotatable bonds is 1. The van der Waals surface area contributed by atoms with Crippen LogP contribution in [0.4, 0.5) is 4.39 Å². The SMILES string of the molecule is Cc1cc(F)c2nc(C=O)ccc2c1Br. The number of carbonyl (C=O) groups is 1. The highest BCUT2D eigenvalue weighted by Gasteiger charge is 2.09. The van der Waals surface area contributed by atoms with Crippen LogP contribution < -0.4 is 0 Å². The normalized spacial score (nSPS) is 10.6. The van der Waals surface area contributed by atoms with E-state index in [1.807, 2.05) is 0 Å². The van der Waals surface area contributed by atoms with Crippen LogP contribution in [0, 0.1) is 12.7 Å². The Bertz CT molecular complexity index is 554. The predicted molar refractivity (Wildman–Crippen MR) is 59.5 cm³/mol. The molecule has 15 heavy (non-hydrogen) atoms. The van der Waals surface area contributed by atoms with Crippen molar-refractivity contribution in [2.75, 3.05) is 0 Å². The Labute approximate surface area is 94.3 Å². The number of aromatic nitrogens is 1. The molecule has 0 fully saturated rings. The zero-order chi connectivity index (χ0) is 11.0. The lowest BCUT2D eigenvalue weighted by atomic mass is 10.1. The van der Waals surface area contributed by atoms with E-state index in [4.69, 9.17) is 0 Å². The summed E-state index contributed by atoms with van der Waals surface area (Å²) in [5.41, 5.74) is 1.26. The fraction of sp³-hybridized carbons (Fsp3) is 0.0909. The highest BCUT2D eigenvalue weighted by atomic mass is 79.9. The van der Waals surface area contributed by atoms with Gasteiger partial charge in [-0.05, 0) is 46.6 Å². The van der Waals surface area contributed by atoms with Gasteiger partial charge in [-0.15, -0.1) is 0 Å². The van der Waals surface area contributed by atoms with Crippen LogP contribution in [0.5, 0.6) is 0 Å². The molecule has 0 aliphatic carbocycles. The molecule has 4 heteroatoms. The first kappa shape index (κ1) is 10.2. The molecule has 0 saturated carbocycles. The van der Waals surface area contributed by atoms with Crippen molar-refractivity contribution in [1.82, 2.24) is 4.98 Å². The topological polar surface area (TPSA) is 30.0 Å². The van der Waals surface area contributed by atoms with Crippen molar-refractivity contribution in [3.05, 3.63) is 39.7 Å². The molecule has 0 amide bonds. The van der Waals surface area contributed by atoms with Gasteiger partial charge < -0.3 is 0 Å². The van der Waals surface area contributed by atoms with Gasteiger partial charge in [0.15, 0.2) is 6.29 Å². The molecule has 0 unspecified atom stereocenters. The molecule has 1 aromatic heterocycles. The minimum atomic E-state index is -0.408. The van der Waals surface area contributed by atoms with E-state index in [0.717, 1.165) is 10.0 Å². The van der Waals surface area contributed by atoms with Crippen LogP contribution >= 0.6 is 15.9 Å². The highest BCUT2D eigenvalue weighted by molar-refractivity contribution is 9.10. The summed E-state index contributed by atoms with van der Waals surface area (Å²) in [6.45, 7) is 1.81. The molecule has 2 aromatic rings. The molecule has 1 aromatic carbocycles. The van der Waals surface area contributed by atoms with Gasteiger partial charge in [-0.25, -0.2) is 9.37 Å². The standard InChI is InChI=1S/C11H7BrFNO/c1-6-4-9(13)11-8(10(6)12)3-2-7(5-15)14-11/h2-5H,1H3. The molecule has 1 heterocycles. The quantitative estimate of drug-likeness (QED) is 0.743. The number of hydrogen-bond donors (Lipinski definition) is 0. The van der Waals surface area contributed by atoms with Crippen molar-refractivity contribution in [3.63, 3.8) is 0 Å². The molecule has 76 valence electrons. The van der Waals surface area contributed by atoms with Crippen LogP contribution in [0.3, 0.4) is 0 Å². The number of aldehydes is 1. The summed E-state index contributed by atoms with van der Waals surface area (Å²) < 4.78 is 14.4. The number of aryl methyl sites for hydroxylation is 1. The van der Waals surface area contributed by atoms with Gasteiger partial charge in [-0.1, -0.05) is 0 Å². The van der Waals surface area contributed by atoms with Gasteiger partial charge in [0.25, 0.3) is 0 Å². The van der Waals surface area contributed by atoms with Gasteiger partial charge in [0.05, 0.1) is 0 Å². The Morgan fingerprint density at radius 2 is 2.20 bits per heavy atom. The van der Waals surface area contributed by atoms with E-state index in [1.165, 1.54) is 6.07 Å². The third kappa shape index (κ3) is 1.65. The third-order valence-corrected chi connectivity index (χ3v) is 3.24. The highest BCUT2D eigenvalue weighted by Crippen LogP contribution is 2.28. The van der Waals surface area contributed by atoms with E-state index in [0.29, 0.717) is 11.7 Å². The van der Waals surface area contributed by atoms with Crippen LogP contribution in [0.25, 0.3) is 10.9 Å². The number of hydrogen-bond acceptors (Lipinski definition) is 2. The fourth-order valence-corrected chi connectivity index (χ4v) is 1.87. The minimum Gasteiger partial charge on any atom is -0.296 e. The Balaban J connectivity index is 2.89. The van der Waals surface area contributed by atoms with Crippen molar-refractivity contribution in [2.24, 2.45) is 0 Å². The fourth-order valence-electron chi connectivity index (χ4n) is 1.43. The third-order valence-electron chi connectivity index (χ3n) is 2.19. The van der Waals surface area contributed by atoms with Crippen LogP contribution in [-0.4, -0.2) is 11.3 Å².